The van der Waals surface area contributed by atoms with Crippen LogP contribution in [0.2, 0.25) is 0 Å². The highest BCUT2D eigenvalue weighted by Gasteiger charge is 2.33. The molecule has 2 N–H and O–H groups in total. The lowest BCUT2D eigenvalue weighted by molar-refractivity contribution is -0.141. The Kier molecular flexibility index (Phi) is 3.99. The van der Waals surface area contributed by atoms with Crippen molar-refractivity contribution in [2.24, 2.45) is 0 Å². The predicted octanol–water partition coefficient (Wildman–Crippen LogP) is 4.56. The molecule has 0 fully saturated rings. The van der Waals surface area contributed by atoms with Gasteiger partial charge < -0.3 is 10.2 Å². The molecule has 142 valence electrons. The third-order valence-corrected chi connectivity index (χ3v) is 4.41. The van der Waals surface area contributed by atoms with Crippen molar-refractivity contribution in [1.29, 1.82) is 0 Å². The van der Waals surface area contributed by atoms with Gasteiger partial charge in [0.2, 0.25) is 0 Å². The summed E-state index contributed by atoms with van der Waals surface area (Å²) in [6.07, 6.45) is -3.27. The number of nitrogens with zero attached hydrogens (tertiary/aromatic N) is 2. The maximum absolute atomic E-state index is 13.3. The van der Waals surface area contributed by atoms with E-state index in [9.17, 15) is 18.0 Å². The Balaban J connectivity index is 2.16. The maximum atomic E-state index is 13.3. The molecule has 0 saturated carbocycles. The van der Waals surface area contributed by atoms with Gasteiger partial charge in [0.25, 0.3) is 5.56 Å². The quantitative estimate of drug-likeness (QED) is 0.549. The van der Waals surface area contributed by atoms with Crippen LogP contribution in [-0.4, -0.2) is 9.55 Å². The normalized spacial score (nSPS) is 11.9. The minimum absolute atomic E-state index is 0.0135. The number of furan rings is 1. The second kappa shape index (κ2) is 6.26. The molecule has 0 amide bonds. The number of halogens is 3. The van der Waals surface area contributed by atoms with Crippen molar-refractivity contribution in [3.8, 4) is 17.0 Å². The number of rotatable bonds is 2. The zero-order valence-electron chi connectivity index (χ0n) is 14.6. The van der Waals surface area contributed by atoms with Crippen molar-refractivity contribution in [2.75, 3.05) is 5.73 Å². The number of aryl methyl sites for hydroxylation is 1. The third-order valence-electron chi connectivity index (χ3n) is 4.41. The summed E-state index contributed by atoms with van der Waals surface area (Å²) in [5.41, 5.74) is 5.65. The van der Waals surface area contributed by atoms with Crippen LogP contribution >= 0.6 is 0 Å². The number of pyridine rings is 2. The Morgan fingerprint density at radius 2 is 1.79 bits per heavy atom. The number of aromatic nitrogens is 2. The van der Waals surface area contributed by atoms with E-state index in [0.29, 0.717) is 5.69 Å². The minimum Gasteiger partial charge on any atom is -0.464 e. The number of benzene rings is 1. The Labute approximate surface area is 156 Å². The maximum Gasteiger partial charge on any atom is 0.433 e. The molecule has 28 heavy (non-hydrogen) atoms. The lowest BCUT2D eigenvalue weighted by atomic mass is 10.1. The molecule has 0 unspecified atom stereocenters. The predicted molar refractivity (Wildman–Crippen MR) is 99.2 cm³/mol. The first-order chi connectivity index (χ1) is 13.3. The van der Waals surface area contributed by atoms with Crippen LogP contribution in [0.3, 0.4) is 0 Å². The minimum atomic E-state index is -4.66. The molecule has 0 aliphatic heterocycles. The Morgan fingerprint density at radius 1 is 1.07 bits per heavy atom. The summed E-state index contributed by atoms with van der Waals surface area (Å²) in [5.74, 6) is 0.227. The van der Waals surface area contributed by atoms with Crippen LogP contribution in [-0.2, 0) is 6.18 Å². The molecule has 0 aliphatic rings. The van der Waals surface area contributed by atoms with Crippen LogP contribution in [0.25, 0.3) is 28.0 Å². The summed E-state index contributed by atoms with van der Waals surface area (Å²) < 4.78 is 46.1. The van der Waals surface area contributed by atoms with Gasteiger partial charge in [-0.2, -0.15) is 13.2 Å². The SMILES string of the molecule is Cc1ccc(-n2c(=O)c(-c3ccco3)c(N)c3ccc(C(F)(F)F)nc32)cc1. The molecule has 3 aromatic heterocycles. The molecule has 0 atom stereocenters. The number of fused-ring (bicyclic) bond motifs is 1. The number of hydrogen-bond donors (Lipinski definition) is 1. The number of nitrogens with two attached hydrogens (primary N) is 1. The van der Waals surface area contributed by atoms with E-state index in [2.05, 4.69) is 4.98 Å². The van der Waals surface area contributed by atoms with Gasteiger partial charge in [0.1, 0.15) is 22.7 Å². The summed E-state index contributed by atoms with van der Waals surface area (Å²) in [4.78, 5) is 17.0. The second-order valence-corrected chi connectivity index (χ2v) is 6.31. The fraction of sp³-hybridized carbons (Fsp3) is 0.100. The number of alkyl halides is 3. The van der Waals surface area contributed by atoms with Crippen molar-refractivity contribution >= 4 is 16.7 Å². The Bertz CT molecular complexity index is 1230. The van der Waals surface area contributed by atoms with Crippen molar-refractivity contribution in [1.82, 2.24) is 9.55 Å². The van der Waals surface area contributed by atoms with E-state index in [-0.39, 0.29) is 28.0 Å². The molecule has 0 aliphatic carbocycles. The summed E-state index contributed by atoms with van der Waals surface area (Å²) >= 11 is 0. The van der Waals surface area contributed by atoms with E-state index >= 15 is 0 Å². The fourth-order valence-corrected chi connectivity index (χ4v) is 3.04. The lowest BCUT2D eigenvalue weighted by Crippen LogP contribution is -2.24. The molecular weight excluding hydrogens is 371 g/mol. The van der Waals surface area contributed by atoms with Gasteiger partial charge in [0.15, 0.2) is 0 Å². The zero-order valence-corrected chi connectivity index (χ0v) is 14.6. The van der Waals surface area contributed by atoms with E-state index in [4.69, 9.17) is 10.2 Å². The van der Waals surface area contributed by atoms with Gasteiger partial charge >= 0.3 is 6.18 Å². The average molecular weight is 385 g/mol. The molecular formula is C20H14F3N3O2. The van der Waals surface area contributed by atoms with Crippen molar-refractivity contribution in [3.63, 3.8) is 0 Å². The van der Waals surface area contributed by atoms with Gasteiger partial charge in [-0.15, -0.1) is 0 Å². The van der Waals surface area contributed by atoms with E-state index in [1.165, 1.54) is 12.3 Å². The van der Waals surface area contributed by atoms with Crippen molar-refractivity contribution in [2.45, 2.75) is 13.1 Å². The molecule has 0 saturated heterocycles. The van der Waals surface area contributed by atoms with Gasteiger partial charge in [0.05, 0.1) is 17.6 Å². The molecule has 4 aromatic rings. The number of hydrogen-bond acceptors (Lipinski definition) is 4. The summed E-state index contributed by atoms with van der Waals surface area (Å²) in [7, 11) is 0. The molecule has 4 rings (SSSR count). The summed E-state index contributed by atoms with van der Waals surface area (Å²) in [5, 5.41) is 0.222. The molecule has 0 bridgehead atoms. The van der Waals surface area contributed by atoms with Crippen LogP contribution in [0.4, 0.5) is 18.9 Å². The van der Waals surface area contributed by atoms with Crippen molar-refractivity contribution in [3.05, 3.63) is 76.4 Å². The standard InChI is InChI=1S/C20H14F3N3O2/c1-11-4-6-12(7-5-11)26-18-13(8-9-15(25-18)20(21,22)23)17(24)16(19(26)27)14-3-2-10-28-14/h2-10H,24H2,1H3. The molecule has 5 nitrogen and oxygen atoms in total. The monoisotopic (exact) mass is 385 g/mol. The highest BCUT2D eigenvalue weighted by Crippen LogP contribution is 2.34. The van der Waals surface area contributed by atoms with E-state index in [1.807, 2.05) is 6.92 Å². The lowest BCUT2D eigenvalue weighted by Gasteiger charge is -2.16. The van der Waals surface area contributed by atoms with Gasteiger partial charge in [-0.05, 0) is 43.3 Å². The molecule has 0 radical (unpaired) electrons. The first kappa shape index (κ1) is 17.8. The van der Waals surface area contributed by atoms with Crippen molar-refractivity contribution < 1.29 is 17.6 Å². The van der Waals surface area contributed by atoms with Gasteiger partial charge in [-0.1, -0.05) is 17.7 Å². The highest BCUT2D eigenvalue weighted by molar-refractivity contribution is 5.96. The third kappa shape index (κ3) is 2.83. The number of anilines is 1. The van der Waals surface area contributed by atoms with Crippen LogP contribution < -0.4 is 11.3 Å². The van der Waals surface area contributed by atoms with Crippen LogP contribution in [0, 0.1) is 6.92 Å². The highest BCUT2D eigenvalue weighted by atomic mass is 19.4. The average Bonchev–Trinajstić information content (AvgIpc) is 3.16. The largest absolute Gasteiger partial charge is 0.464 e. The summed E-state index contributed by atoms with van der Waals surface area (Å²) in [6.45, 7) is 1.86. The molecule has 8 heteroatoms. The fourth-order valence-electron chi connectivity index (χ4n) is 3.04. The van der Waals surface area contributed by atoms with Crippen LogP contribution in [0.5, 0.6) is 0 Å². The van der Waals surface area contributed by atoms with Gasteiger partial charge in [0, 0.05) is 5.39 Å². The first-order valence-electron chi connectivity index (χ1n) is 8.30. The van der Waals surface area contributed by atoms with E-state index in [0.717, 1.165) is 16.2 Å². The smallest absolute Gasteiger partial charge is 0.433 e. The zero-order chi connectivity index (χ0) is 20.1. The number of nitrogen functional groups attached to an aromatic ring is 1. The van der Waals surface area contributed by atoms with E-state index < -0.39 is 17.4 Å². The molecule has 3 heterocycles. The molecule has 0 spiro atoms. The Hall–Kier alpha value is -3.55. The first-order valence-corrected chi connectivity index (χ1v) is 8.30. The Morgan fingerprint density at radius 3 is 2.39 bits per heavy atom. The summed E-state index contributed by atoms with van der Waals surface area (Å²) in [6, 6.07) is 12.0. The van der Waals surface area contributed by atoms with Gasteiger partial charge in [-0.3, -0.25) is 9.36 Å². The topological polar surface area (TPSA) is 74.0 Å². The molecule has 1 aromatic carbocycles. The van der Waals surface area contributed by atoms with Crippen LogP contribution in [0.1, 0.15) is 11.3 Å². The second-order valence-electron chi connectivity index (χ2n) is 6.31. The van der Waals surface area contributed by atoms with Crippen LogP contribution in [0.15, 0.2) is 64.0 Å². The van der Waals surface area contributed by atoms with Gasteiger partial charge in [-0.25, -0.2) is 4.98 Å². The van der Waals surface area contributed by atoms with E-state index in [1.54, 1.807) is 36.4 Å².